The van der Waals surface area contributed by atoms with Crippen molar-refractivity contribution in [3.8, 4) is 0 Å². The van der Waals surface area contributed by atoms with Gasteiger partial charge in [-0.3, -0.25) is 4.90 Å². The largest absolute Gasteiger partial charge is 0.309 e. The lowest BCUT2D eigenvalue weighted by Crippen LogP contribution is -2.69. The van der Waals surface area contributed by atoms with E-state index >= 15 is 0 Å². The number of hydrogen-bond acceptors (Lipinski definition) is 2. The van der Waals surface area contributed by atoms with Crippen LogP contribution in [-0.2, 0) is 0 Å². The predicted molar refractivity (Wildman–Crippen MR) is 74.4 cm³/mol. The lowest BCUT2D eigenvalue weighted by molar-refractivity contribution is -0.0217. The van der Waals surface area contributed by atoms with Crippen molar-refractivity contribution < 1.29 is 0 Å². The molecule has 0 aromatic rings. The van der Waals surface area contributed by atoms with Gasteiger partial charge in [0, 0.05) is 30.2 Å². The lowest BCUT2D eigenvalue weighted by atomic mass is 9.83. The first kappa shape index (κ1) is 13.4. The van der Waals surface area contributed by atoms with Crippen molar-refractivity contribution in [2.24, 2.45) is 0 Å². The van der Waals surface area contributed by atoms with Crippen molar-refractivity contribution in [3.63, 3.8) is 0 Å². The Morgan fingerprint density at radius 1 is 1.12 bits per heavy atom. The zero-order chi connectivity index (χ0) is 12.5. The summed E-state index contributed by atoms with van der Waals surface area (Å²) in [5.74, 6) is 0. The molecule has 0 radical (unpaired) electrons. The maximum absolute atomic E-state index is 3.73. The van der Waals surface area contributed by atoms with E-state index in [2.05, 4.69) is 37.9 Å². The summed E-state index contributed by atoms with van der Waals surface area (Å²) in [5, 5.41) is 3.73. The summed E-state index contributed by atoms with van der Waals surface area (Å²) < 4.78 is 0. The van der Waals surface area contributed by atoms with Gasteiger partial charge in [-0.15, -0.1) is 0 Å². The van der Waals surface area contributed by atoms with E-state index in [1.165, 1.54) is 45.1 Å². The predicted octanol–water partition coefficient (Wildman–Crippen LogP) is 3.17. The highest BCUT2D eigenvalue weighted by Crippen LogP contribution is 2.34. The van der Waals surface area contributed by atoms with Gasteiger partial charge in [0.2, 0.25) is 0 Å². The molecule has 0 aromatic heterocycles. The van der Waals surface area contributed by atoms with Gasteiger partial charge in [-0.2, -0.15) is 0 Å². The first-order valence-electron chi connectivity index (χ1n) is 7.49. The molecule has 2 nitrogen and oxygen atoms in total. The minimum Gasteiger partial charge on any atom is -0.309 e. The Balaban J connectivity index is 2.12. The molecule has 1 N–H and O–H groups in total. The second-order valence-electron chi connectivity index (χ2n) is 7.01. The molecule has 2 fully saturated rings. The Kier molecular flexibility index (Phi) is 3.84. The number of nitrogens with one attached hydrogen (secondary N) is 1. The molecule has 1 aliphatic heterocycles. The molecule has 2 rings (SSSR count). The Morgan fingerprint density at radius 2 is 1.76 bits per heavy atom. The van der Waals surface area contributed by atoms with Gasteiger partial charge in [-0.25, -0.2) is 0 Å². The average Bonchev–Trinajstić information content (AvgIpc) is 2.34. The van der Waals surface area contributed by atoms with Crippen LogP contribution in [-0.4, -0.2) is 35.1 Å². The van der Waals surface area contributed by atoms with Crippen LogP contribution < -0.4 is 5.32 Å². The Hall–Kier alpha value is -0.0800. The van der Waals surface area contributed by atoms with Gasteiger partial charge < -0.3 is 5.32 Å². The maximum Gasteiger partial charge on any atom is 0.0307 e. The molecule has 0 spiro atoms. The first-order valence-corrected chi connectivity index (χ1v) is 7.49. The van der Waals surface area contributed by atoms with Gasteiger partial charge in [-0.05, 0) is 40.0 Å². The molecule has 100 valence electrons. The second-order valence-corrected chi connectivity index (χ2v) is 7.01. The third kappa shape index (κ3) is 2.85. The maximum atomic E-state index is 3.73. The van der Waals surface area contributed by atoms with Crippen molar-refractivity contribution in [1.82, 2.24) is 10.2 Å². The summed E-state index contributed by atoms with van der Waals surface area (Å²) in [4.78, 5) is 2.84. The smallest absolute Gasteiger partial charge is 0.0307 e. The van der Waals surface area contributed by atoms with E-state index in [0.717, 1.165) is 12.6 Å². The molecule has 1 aliphatic carbocycles. The molecule has 2 heteroatoms. The van der Waals surface area contributed by atoms with Crippen LogP contribution in [0.5, 0.6) is 0 Å². The monoisotopic (exact) mass is 238 g/mol. The van der Waals surface area contributed by atoms with Crippen LogP contribution in [0.2, 0.25) is 0 Å². The number of rotatable bonds is 2. The molecular weight excluding hydrogens is 208 g/mol. The van der Waals surface area contributed by atoms with Crippen molar-refractivity contribution >= 4 is 0 Å². The molecule has 1 saturated heterocycles. The summed E-state index contributed by atoms with van der Waals surface area (Å²) in [7, 11) is 0. The van der Waals surface area contributed by atoms with E-state index in [0.29, 0.717) is 5.54 Å². The standard InChI is InChI=1S/C15H30N2/c1-5-15(4)11-16-14(2,3)12-17(15)13-9-7-6-8-10-13/h13,16H,5-12H2,1-4H3. The van der Waals surface area contributed by atoms with Crippen LogP contribution in [0.1, 0.15) is 66.2 Å². The van der Waals surface area contributed by atoms with E-state index in [4.69, 9.17) is 0 Å². The number of nitrogens with zero attached hydrogens (tertiary/aromatic N) is 1. The Morgan fingerprint density at radius 3 is 2.35 bits per heavy atom. The van der Waals surface area contributed by atoms with E-state index in [9.17, 15) is 0 Å². The SMILES string of the molecule is CCC1(C)CNC(C)(C)CN1C1CCCCC1. The molecule has 1 atom stereocenters. The molecule has 1 heterocycles. The first-order chi connectivity index (χ1) is 7.97. The summed E-state index contributed by atoms with van der Waals surface area (Å²) >= 11 is 0. The molecule has 17 heavy (non-hydrogen) atoms. The van der Waals surface area contributed by atoms with Gasteiger partial charge in [0.05, 0.1) is 0 Å². The molecule has 0 bridgehead atoms. The van der Waals surface area contributed by atoms with Crippen LogP contribution in [0.15, 0.2) is 0 Å². The van der Waals surface area contributed by atoms with Crippen LogP contribution in [0, 0.1) is 0 Å². The number of piperazine rings is 1. The molecule has 0 amide bonds. The highest BCUT2D eigenvalue weighted by Gasteiger charge is 2.42. The third-order valence-electron chi connectivity index (χ3n) is 4.98. The molecular formula is C15H30N2. The van der Waals surface area contributed by atoms with Crippen LogP contribution in [0.4, 0.5) is 0 Å². The fourth-order valence-corrected chi connectivity index (χ4v) is 3.49. The highest BCUT2D eigenvalue weighted by molar-refractivity contribution is 5.01. The van der Waals surface area contributed by atoms with Gasteiger partial charge in [0.15, 0.2) is 0 Å². The van der Waals surface area contributed by atoms with E-state index in [-0.39, 0.29) is 5.54 Å². The van der Waals surface area contributed by atoms with Gasteiger partial charge in [0.1, 0.15) is 0 Å². The average molecular weight is 238 g/mol. The lowest BCUT2D eigenvalue weighted by Gasteiger charge is -2.55. The quantitative estimate of drug-likeness (QED) is 0.795. The normalized spacial score (nSPS) is 36.0. The summed E-state index contributed by atoms with van der Waals surface area (Å²) in [6.07, 6.45) is 8.43. The van der Waals surface area contributed by atoms with Gasteiger partial charge in [0.25, 0.3) is 0 Å². The fraction of sp³-hybridized carbons (Fsp3) is 1.00. The fourth-order valence-electron chi connectivity index (χ4n) is 3.49. The Bertz CT molecular complexity index is 256. The molecule has 1 saturated carbocycles. The van der Waals surface area contributed by atoms with E-state index < -0.39 is 0 Å². The summed E-state index contributed by atoms with van der Waals surface area (Å²) in [6, 6.07) is 0.843. The van der Waals surface area contributed by atoms with Gasteiger partial charge >= 0.3 is 0 Å². The molecule has 0 aromatic carbocycles. The van der Waals surface area contributed by atoms with Crippen LogP contribution in [0.25, 0.3) is 0 Å². The zero-order valence-corrected chi connectivity index (χ0v) is 12.2. The van der Waals surface area contributed by atoms with E-state index in [1.807, 2.05) is 0 Å². The topological polar surface area (TPSA) is 15.3 Å². The molecule has 2 aliphatic rings. The number of hydrogen-bond donors (Lipinski definition) is 1. The third-order valence-corrected chi connectivity index (χ3v) is 4.98. The van der Waals surface area contributed by atoms with Crippen molar-refractivity contribution in [2.45, 2.75) is 83.3 Å². The van der Waals surface area contributed by atoms with Crippen molar-refractivity contribution in [3.05, 3.63) is 0 Å². The minimum atomic E-state index is 0.284. The highest BCUT2D eigenvalue weighted by atomic mass is 15.3. The summed E-state index contributed by atoms with van der Waals surface area (Å²) in [6.45, 7) is 11.8. The van der Waals surface area contributed by atoms with Crippen molar-refractivity contribution in [2.75, 3.05) is 13.1 Å². The van der Waals surface area contributed by atoms with Gasteiger partial charge in [-0.1, -0.05) is 26.2 Å². The minimum absolute atomic E-state index is 0.284. The van der Waals surface area contributed by atoms with Crippen LogP contribution in [0.3, 0.4) is 0 Å². The zero-order valence-electron chi connectivity index (χ0n) is 12.2. The summed E-state index contributed by atoms with van der Waals surface area (Å²) in [5.41, 5.74) is 0.656. The second kappa shape index (κ2) is 4.89. The van der Waals surface area contributed by atoms with E-state index in [1.54, 1.807) is 0 Å². The van der Waals surface area contributed by atoms with Crippen molar-refractivity contribution in [1.29, 1.82) is 0 Å². The van der Waals surface area contributed by atoms with Crippen LogP contribution >= 0.6 is 0 Å². The Labute approximate surface area is 107 Å². The molecule has 1 unspecified atom stereocenters.